The van der Waals surface area contributed by atoms with Gasteiger partial charge in [0.05, 0.1) is 21.4 Å². The standard InChI is InChI=1S/C15H14ClN3S/c1-10-2-4-11(5-3-10)8-19-9-12(17)15(18-19)13-6-7-14(16)20-13/h2-7,9H,8,17H2,1H3. The maximum atomic E-state index is 6.04. The van der Waals surface area contributed by atoms with Crippen molar-refractivity contribution in [3.05, 3.63) is 58.1 Å². The summed E-state index contributed by atoms with van der Waals surface area (Å²) in [6.45, 7) is 2.79. The van der Waals surface area contributed by atoms with E-state index in [0.717, 1.165) is 14.9 Å². The van der Waals surface area contributed by atoms with Gasteiger partial charge in [0.1, 0.15) is 5.69 Å². The molecular weight excluding hydrogens is 290 g/mol. The number of hydrogen-bond donors (Lipinski definition) is 1. The molecular formula is C15H14ClN3S. The minimum atomic E-state index is 0.677. The second-order valence-electron chi connectivity index (χ2n) is 4.72. The Labute approximate surface area is 126 Å². The zero-order valence-electron chi connectivity index (χ0n) is 11.0. The first-order valence-corrected chi connectivity index (χ1v) is 7.45. The summed E-state index contributed by atoms with van der Waals surface area (Å²) in [6.07, 6.45) is 1.86. The molecule has 0 bridgehead atoms. The molecule has 2 N–H and O–H groups in total. The van der Waals surface area contributed by atoms with E-state index in [0.29, 0.717) is 12.2 Å². The van der Waals surface area contributed by atoms with Gasteiger partial charge in [0, 0.05) is 6.20 Å². The van der Waals surface area contributed by atoms with Crippen molar-refractivity contribution in [1.82, 2.24) is 9.78 Å². The van der Waals surface area contributed by atoms with E-state index in [1.54, 1.807) is 0 Å². The Kier molecular flexibility index (Phi) is 3.51. The van der Waals surface area contributed by atoms with E-state index < -0.39 is 0 Å². The van der Waals surface area contributed by atoms with Crippen LogP contribution in [-0.2, 0) is 6.54 Å². The summed E-state index contributed by atoms with van der Waals surface area (Å²) >= 11 is 7.44. The highest BCUT2D eigenvalue weighted by Gasteiger charge is 2.11. The van der Waals surface area contributed by atoms with Gasteiger partial charge in [-0.05, 0) is 24.6 Å². The van der Waals surface area contributed by atoms with E-state index in [-0.39, 0.29) is 0 Å². The summed E-state index contributed by atoms with van der Waals surface area (Å²) in [7, 11) is 0. The van der Waals surface area contributed by atoms with Gasteiger partial charge in [-0.1, -0.05) is 41.4 Å². The summed E-state index contributed by atoms with van der Waals surface area (Å²) in [5.41, 5.74) is 9.97. The smallest absolute Gasteiger partial charge is 0.125 e. The molecule has 0 atom stereocenters. The molecule has 1 aromatic carbocycles. The molecule has 0 spiro atoms. The molecule has 2 heterocycles. The molecule has 3 nitrogen and oxygen atoms in total. The maximum absolute atomic E-state index is 6.04. The zero-order chi connectivity index (χ0) is 14.1. The third kappa shape index (κ3) is 2.71. The quantitative estimate of drug-likeness (QED) is 0.788. The van der Waals surface area contributed by atoms with Gasteiger partial charge in [-0.15, -0.1) is 11.3 Å². The fraction of sp³-hybridized carbons (Fsp3) is 0.133. The van der Waals surface area contributed by atoms with Crippen molar-refractivity contribution in [2.45, 2.75) is 13.5 Å². The van der Waals surface area contributed by atoms with E-state index >= 15 is 0 Å². The summed E-state index contributed by atoms with van der Waals surface area (Å²) < 4.78 is 2.61. The van der Waals surface area contributed by atoms with Crippen molar-refractivity contribution >= 4 is 28.6 Å². The van der Waals surface area contributed by atoms with Gasteiger partial charge < -0.3 is 5.73 Å². The van der Waals surface area contributed by atoms with Crippen LogP contribution < -0.4 is 5.73 Å². The lowest BCUT2D eigenvalue weighted by molar-refractivity contribution is 0.690. The number of hydrogen-bond acceptors (Lipinski definition) is 3. The number of benzene rings is 1. The molecule has 0 saturated heterocycles. The first-order valence-electron chi connectivity index (χ1n) is 6.26. The maximum Gasteiger partial charge on any atom is 0.125 e. The van der Waals surface area contributed by atoms with Crippen LogP contribution in [0.4, 0.5) is 5.69 Å². The lowest BCUT2D eigenvalue weighted by Crippen LogP contribution is -2.00. The number of nitrogen functional groups attached to an aromatic ring is 1. The topological polar surface area (TPSA) is 43.8 Å². The molecule has 0 aliphatic carbocycles. The number of halogens is 1. The SMILES string of the molecule is Cc1ccc(Cn2cc(N)c(-c3ccc(Cl)s3)n2)cc1. The van der Waals surface area contributed by atoms with E-state index in [4.69, 9.17) is 17.3 Å². The minimum Gasteiger partial charge on any atom is -0.396 e. The van der Waals surface area contributed by atoms with E-state index in [1.165, 1.54) is 22.5 Å². The van der Waals surface area contributed by atoms with Crippen LogP contribution in [0, 0.1) is 6.92 Å². The summed E-state index contributed by atoms with van der Waals surface area (Å²) in [5, 5.41) is 4.55. The monoisotopic (exact) mass is 303 g/mol. The van der Waals surface area contributed by atoms with Gasteiger partial charge >= 0.3 is 0 Å². The molecule has 0 fully saturated rings. The summed E-state index contributed by atoms with van der Waals surface area (Å²) in [5.74, 6) is 0. The van der Waals surface area contributed by atoms with Crippen LogP contribution in [0.5, 0.6) is 0 Å². The Morgan fingerprint density at radius 2 is 1.95 bits per heavy atom. The van der Waals surface area contributed by atoms with E-state index in [1.807, 2.05) is 23.0 Å². The van der Waals surface area contributed by atoms with Crippen LogP contribution in [-0.4, -0.2) is 9.78 Å². The Hall–Kier alpha value is -1.78. The van der Waals surface area contributed by atoms with Crippen molar-refractivity contribution in [3.8, 4) is 10.6 Å². The third-order valence-electron chi connectivity index (χ3n) is 3.06. The molecule has 5 heteroatoms. The zero-order valence-corrected chi connectivity index (χ0v) is 12.6. The fourth-order valence-electron chi connectivity index (χ4n) is 2.03. The van der Waals surface area contributed by atoms with Crippen molar-refractivity contribution in [2.75, 3.05) is 5.73 Å². The van der Waals surface area contributed by atoms with E-state index in [9.17, 15) is 0 Å². The number of anilines is 1. The van der Waals surface area contributed by atoms with Crippen molar-refractivity contribution in [2.24, 2.45) is 0 Å². The molecule has 0 amide bonds. The van der Waals surface area contributed by atoms with Crippen LogP contribution in [0.1, 0.15) is 11.1 Å². The van der Waals surface area contributed by atoms with Crippen LogP contribution in [0.15, 0.2) is 42.6 Å². The molecule has 0 saturated carbocycles. The molecule has 2 aromatic heterocycles. The van der Waals surface area contributed by atoms with Gasteiger partial charge in [0.2, 0.25) is 0 Å². The van der Waals surface area contributed by atoms with Crippen molar-refractivity contribution in [1.29, 1.82) is 0 Å². The first kappa shape index (κ1) is 13.2. The second kappa shape index (κ2) is 5.31. The Morgan fingerprint density at radius 3 is 2.60 bits per heavy atom. The van der Waals surface area contributed by atoms with Gasteiger partial charge in [-0.3, -0.25) is 4.68 Å². The highest BCUT2D eigenvalue weighted by Crippen LogP contribution is 2.33. The van der Waals surface area contributed by atoms with Crippen LogP contribution >= 0.6 is 22.9 Å². The average molecular weight is 304 g/mol. The lowest BCUT2D eigenvalue weighted by atomic mass is 10.1. The number of thiophene rings is 1. The third-order valence-corrected chi connectivity index (χ3v) is 4.30. The number of nitrogens with zero attached hydrogens (tertiary/aromatic N) is 2. The summed E-state index contributed by atoms with van der Waals surface area (Å²) in [4.78, 5) is 0.996. The number of aryl methyl sites for hydroxylation is 1. The van der Waals surface area contributed by atoms with Gasteiger partial charge in [-0.25, -0.2) is 0 Å². The van der Waals surface area contributed by atoms with Crippen LogP contribution in [0.2, 0.25) is 4.34 Å². The molecule has 0 aliphatic heterocycles. The molecule has 0 aliphatic rings. The second-order valence-corrected chi connectivity index (χ2v) is 6.44. The molecule has 102 valence electrons. The Morgan fingerprint density at radius 1 is 1.20 bits per heavy atom. The fourth-order valence-corrected chi connectivity index (χ4v) is 3.08. The Balaban J connectivity index is 1.87. The molecule has 0 radical (unpaired) electrons. The summed E-state index contributed by atoms with van der Waals surface area (Å²) in [6, 6.07) is 12.2. The normalized spacial score (nSPS) is 10.9. The highest BCUT2D eigenvalue weighted by molar-refractivity contribution is 7.19. The largest absolute Gasteiger partial charge is 0.396 e. The lowest BCUT2D eigenvalue weighted by Gasteiger charge is -2.02. The van der Waals surface area contributed by atoms with Gasteiger partial charge in [0.25, 0.3) is 0 Å². The predicted molar refractivity (Wildman–Crippen MR) is 85.2 cm³/mol. The molecule has 0 unspecified atom stereocenters. The highest BCUT2D eigenvalue weighted by atomic mass is 35.5. The Bertz CT molecular complexity index is 728. The minimum absolute atomic E-state index is 0.677. The van der Waals surface area contributed by atoms with Crippen molar-refractivity contribution in [3.63, 3.8) is 0 Å². The first-order chi connectivity index (χ1) is 9.61. The van der Waals surface area contributed by atoms with Crippen LogP contribution in [0.25, 0.3) is 10.6 Å². The number of rotatable bonds is 3. The molecule has 3 aromatic rings. The number of nitrogens with two attached hydrogens (primary N) is 1. The molecule has 3 rings (SSSR count). The number of aromatic nitrogens is 2. The average Bonchev–Trinajstić information content (AvgIpc) is 2.98. The van der Waals surface area contributed by atoms with Gasteiger partial charge in [0.15, 0.2) is 0 Å². The predicted octanol–water partition coefficient (Wildman–Crippen LogP) is 4.20. The van der Waals surface area contributed by atoms with Crippen LogP contribution in [0.3, 0.4) is 0 Å². The van der Waals surface area contributed by atoms with Crippen molar-refractivity contribution < 1.29 is 0 Å². The van der Waals surface area contributed by atoms with Gasteiger partial charge in [-0.2, -0.15) is 5.10 Å². The molecule has 20 heavy (non-hydrogen) atoms. The van der Waals surface area contributed by atoms with E-state index in [2.05, 4.69) is 36.3 Å².